The lowest BCUT2D eigenvalue weighted by atomic mass is 10.2. The van der Waals surface area contributed by atoms with E-state index in [1.54, 1.807) is 0 Å². The van der Waals surface area contributed by atoms with Gasteiger partial charge in [-0.05, 0) is 55.8 Å². The fourth-order valence-electron chi connectivity index (χ4n) is 1.94. The summed E-state index contributed by atoms with van der Waals surface area (Å²) in [7, 11) is 0. The number of unbranched alkanes of at least 4 members (excludes halogenated alkanes) is 1. The van der Waals surface area contributed by atoms with Gasteiger partial charge in [0, 0.05) is 6.54 Å². The summed E-state index contributed by atoms with van der Waals surface area (Å²) in [5, 5.41) is 4.89. The molecule has 0 unspecified atom stereocenters. The Morgan fingerprint density at radius 1 is 1.14 bits per heavy atom. The minimum atomic E-state index is 0.0296. The van der Waals surface area contributed by atoms with Crippen molar-refractivity contribution in [2.75, 3.05) is 13.2 Å². The number of nitrogens with one attached hydrogen (secondary N) is 1. The van der Waals surface area contributed by atoms with Crippen LogP contribution in [0.2, 0.25) is 0 Å². The van der Waals surface area contributed by atoms with Crippen molar-refractivity contribution in [1.29, 1.82) is 0 Å². The van der Waals surface area contributed by atoms with Crippen molar-refractivity contribution in [3.63, 3.8) is 0 Å². The standard InChI is InChI=1S/C17H21NO2S/c1-13-5-7-15(8-6-13)20-11-4-3-10-18-17(19)16-14(2)9-12-21-16/h5-9,12H,3-4,10-11H2,1-2H3,(H,18,19). The number of aryl methyl sites for hydroxylation is 2. The van der Waals surface area contributed by atoms with Crippen molar-refractivity contribution < 1.29 is 9.53 Å². The summed E-state index contributed by atoms with van der Waals surface area (Å²) < 4.78 is 5.65. The van der Waals surface area contributed by atoms with Gasteiger partial charge in [-0.2, -0.15) is 0 Å². The number of ether oxygens (including phenoxy) is 1. The second kappa shape index (κ2) is 7.84. The SMILES string of the molecule is Cc1ccc(OCCCCNC(=O)c2sccc2C)cc1. The molecule has 0 radical (unpaired) electrons. The molecule has 3 nitrogen and oxygen atoms in total. The molecule has 0 spiro atoms. The molecule has 0 saturated carbocycles. The minimum absolute atomic E-state index is 0.0296. The normalized spacial score (nSPS) is 10.4. The number of carbonyl (C=O) groups excluding carboxylic acids is 1. The summed E-state index contributed by atoms with van der Waals surface area (Å²) in [5.41, 5.74) is 2.27. The lowest BCUT2D eigenvalue weighted by Gasteiger charge is -2.07. The zero-order valence-electron chi connectivity index (χ0n) is 12.5. The number of hydrogen-bond acceptors (Lipinski definition) is 3. The Balaban J connectivity index is 1.59. The molecule has 1 heterocycles. The van der Waals surface area contributed by atoms with Crippen LogP contribution in [0.5, 0.6) is 5.75 Å². The molecule has 21 heavy (non-hydrogen) atoms. The van der Waals surface area contributed by atoms with Crippen LogP contribution in [-0.2, 0) is 0 Å². The lowest BCUT2D eigenvalue weighted by molar-refractivity contribution is 0.0956. The largest absolute Gasteiger partial charge is 0.494 e. The van der Waals surface area contributed by atoms with Crippen LogP contribution in [0.3, 0.4) is 0 Å². The zero-order chi connectivity index (χ0) is 15.1. The van der Waals surface area contributed by atoms with Gasteiger partial charge in [0.15, 0.2) is 0 Å². The monoisotopic (exact) mass is 303 g/mol. The maximum atomic E-state index is 11.9. The van der Waals surface area contributed by atoms with E-state index >= 15 is 0 Å². The summed E-state index contributed by atoms with van der Waals surface area (Å²) in [6.07, 6.45) is 1.85. The average Bonchev–Trinajstić information content (AvgIpc) is 2.90. The molecule has 0 fully saturated rings. The smallest absolute Gasteiger partial charge is 0.261 e. The van der Waals surface area contributed by atoms with Gasteiger partial charge in [-0.15, -0.1) is 11.3 Å². The molecule has 0 bridgehead atoms. The lowest BCUT2D eigenvalue weighted by Crippen LogP contribution is -2.24. The Hall–Kier alpha value is -1.81. The summed E-state index contributed by atoms with van der Waals surface area (Å²) in [6.45, 7) is 5.38. The van der Waals surface area contributed by atoms with E-state index in [-0.39, 0.29) is 5.91 Å². The number of amides is 1. The van der Waals surface area contributed by atoms with Gasteiger partial charge in [0.25, 0.3) is 5.91 Å². The van der Waals surface area contributed by atoms with Crippen molar-refractivity contribution in [3.8, 4) is 5.75 Å². The van der Waals surface area contributed by atoms with Crippen LogP contribution in [0.25, 0.3) is 0 Å². The third kappa shape index (κ3) is 4.90. The van der Waals surface area contributed by atoms with E-state index in [1.165, 1.54) is 16.9 Å². The van der Waals surface area contributed by atoms with Crippen LogP contribution in [-0.4, -0.2) is 19.1 Å². The first-order valence-electron chi connectivity index (χ1n) is 7.18. The average molecular weight is 303 g/mol. The molecule has 0 atom stereocenters. The van der Waals surface area contributed by atoms with Crippen LogP contribution in [0.15, 0.2) is 35.7 Å². The molecule has 0 aliphatic carbocycles. The quantitative estimate of drug-likeness (QED) is 0.786. The van der Waals surface area contributed by atoms with E-state index in [1.807, 2.05) is 42.6 Å². The molecule has 1 amide bonds. The van der Waals surface area contributed by atoms with E-state index < -0.39 is 0 Å². The number of thiophene rings is 1. The second-order valence-corrected chi connectivity index (χ2v) is 5.97. The molecule has 1 aromatic carbocycles. The first-order chi connectivity index (χ1) is 10.2. The van der Waals surface area contributed by atoms with E-state index in [4.69, 9.17) is 4.74 Å². The second-order valence-electron chi connectivity index (χ2n) is 5.06. The van der Waals surface area contributed by atoms with Crippen LogP contribution in [0.1, 0.15) is 33.6 Å². The first-order valence-corrected chi connectivity index (χ1v) is 8.06. The van der Waals surface area contributed by atoms with Gasteiger partial charge in [0.05, 0.1) is 11.5 Å². The molecule has 1 N–H and O–H groups in total. The Morgan fingerprint density at radius 2 is 1.90 bits per heavy atom. The van der Waals surface area contributed by atoms with Crippen molar-refractivity contribution in [1.82, 2.24) is 5.32 Å². The molecule has 0 aliphatic heterocycles. The summed E-state index contributed by atoms with van der Waals surface area (Å²) >= 11 is 1.49. The van der Waals surface area contributed by atoms with Crippen molar-refractivity contribution in [2.45, 2.75) is 26.7 Å². The first kappa shape index (κ1) is 15.6. The van der Waals surface area contributed by atoms with Gasteiger partial charge in [0.1, 0.15) is 5.75 Å². The van der Waals surface area contributed by atoms with Crippen LogP contribution in [0, 0.1) is 13.8 Å². The fourth-order valence-corrected chi connectivity index (χ4v) is 2.78. The molecule has 4 heteroatoms. The predicted molar refractivity (Wildman–Crippen MR) is 87.3 cm³/mol. The van der Waals surface area contributed by atoms with Crippen molar-refractivity contribution >= 4 is 17.2 Å². The topological polar surface area (TPSA) is 38.3 Å². The zero-order valence-corrected chi connectivity index (χ0v) is 13.3. The highest BCUT2D eigenvalue weighted by atomic mass is 32.1. The van der Waals surface area contributed by atoms with Crippen molar-refractivity contribution in [3.05, 3.63) is 51.7 Å². The van der Waals surface area contributed by atoms with Gasteiger partial charge in [-0.3, -0.25) is 4.79 Å². The fraction of sp³-hybridized carbons (Fsp3) is 0.353. The van der Waals surface area contributed by atoms with E-state index in [9.17, 15) is 4.79 Å². The Kier molecular flexibility index (Phi) is 5.81. The third-order valence-corrected chi connectivity index (χ3v) is 4.23. The van der Waals surface area contributed by atoms with E-state index in [2.05, 4.69) is 12.2 Å². The highest BCUT2D eigenvalue weighted by Crippen LogP contribution is 2.15. The van der Waals surface area contributed by atoms with Crippen LogP contribution >= 0.6 is 11.3 Å². The molecule has 0 aliphatic rings. The van der Waals surface area contributed by atoms with Crippen LogP contribution < -0.4 is 10.1 Å². The molecule has 112 valence electrons. The van der Waals surface area contributed by atoms with Gasteiger partial charge < -0.3 is 10.1 Å². The molecule has 1 aromatic heterocycles. The molecule has 2 aromatic rings. The summed E-state index contributed by atoms with van der Waals surface area (Å²) in [4.78, 5) is 12.7. The van der Waals surface area contributed by atoms with E-state index in [0.29, 0.717) is 13.2 Å². The van der Waals surface area contributed by atoms with Crippen LogP contribution in [0.4, 0.5) is 0 Å². The summed E-state index contributed by atoms with van der Waals surface area (Å²) in [6, 6.07) is 10.0. The minimum Gasteiger partial charge on any atom is -0.494 e. The molecular formula is C17H21NO2S. The number of rotatable bonds is 7. The Morgan fingerprint density at radius 3 is 2.57 bits per heavy atom. The van der Waals surface area contributed by atoms with Gasteiger partial charge in [0.2, 0.25) is 0 Å². The van der Waals surface area contributed by atoms with Gasteiger partial charge in [-0.25, -0.2) is 0 Å². The Bertz CT molecular complexity index is 575. The predicted octanol–water partition coefficient (Wildman–Crippen LogP) is 3.95. The molecule has 2 rings (SSSR count). The molecule has 0 saturated heterocycles. The third-order valence-electron chi connectivity index (χ3n) is 3.21. The van der Waals surface area contributed by atoms with E-state index in [0.717, 1.165) is 29.0 Å². The highest BCUT2D eigenvalue weighted by molar-refractivity contribution is 7.12. The van der Waals surface area contributed by atoms with Gasteiger partial charge in [-0.1, -0.05) is 17.7 Å². The van der Waals surface area contributed by atoms with Crippen molar-refractivity contribution in [2.24, 2.45) is 0 Å². The summed E-state index contributed by atoms with van der Waals surface area (Å²) in [5.74, 6) is 0.931. The number of benzene rings is 1. The Labute approximate surface area is 130 Å². The van der Waals surface area contributed by atoms with Gasteiger partial charge >= 0.3 is 0 Å². The number of hydrogen-bond donors (Lipinski definition) is 1. The molecular weight excluding hydrogens is 282 g/mol. The maximum absolute atomic E-state index is 11.9. The highest BCUT2D eigenvalue weighted by Gasteiger charge is 2.08. The maximum Gasteiger partial charge on any atom is 0.261 e. The number of carbonyl (C=O) groups is 1.